The first kappa shape index (κ1) is 11.0. The molecule has 1 atom stereocenters. The van der Waals surface area contributed by atoms with E-state index < -0.39 is 0 Å². The molecular formula is C14H14N2O2. The zero-order valence-corrected chi connectivity index (χ0v) is 10.2. The summed E-state index contributed by atoms with van der Waals surface area (Å²) < 4.78 is 2.07. The molecule has 0 aliphatic carbocycles. The highest BCUT2D eigenvalue weighted by atomic mass is 16.1. The van der Waals surface area contributed by atoms with E-state index in [1.54, 1.807) is 4.90 Å². The second-order valence-corrected chi connectivity index (χ2v) is 4.85. The maximum absolute atomic E-state index is 11.3. The van der Waals surface area contributed by atoms with Gasteiger partial charge in [-0.25, -0.2) is 0 Å². The van der Waals surface area contributed by atoms with Crippen molar-refractivity contribution < 1.29 is 9.59 Å². The number of para-hydroxylation sites is 1. The minimum atomic E-state index is 0.387. The van der Waals surface area contributed by atoms with E-state index in [0.717, 1.165) is 36.0 Å². The van der Waals surface area contributed by atoms with Gasteiger partial charge in [0.15, 0.2) is 6.29 Å². The summed E-state index contributed by atoms with van der Waals surface area (Å²) in [7, 11) is 0. The normalized spacial score (nSPS) is 18.7. The van der Waals surface area contributed by atoms with Crippen LogP contribution in [0.2, 0.25) is 0 Å². The number of hydrogen-bond acceptors (Lipinski definition) is 2. The fourth-order valence-corrected chi connectivity index (χ4v) is 2.81. The van der Waals surface area contributed by atoms with Crippen molar-refractivity contribution in [1.82, 2.24) is 4.57 Å². The van der Waals surface area contributed by atoms with Crippen LogP contribution in [0.3, 0.4) is 0 Å². The number of carbonyl (C=O) groups is 2. The summed E-state index contributed by atoms with van der Waals surface area (Å²) in [6, 6.07) is 7.79. The number of anilines is 1. The highest BCUT2D eigenvalue weighted by Crippen LogP contribution is 2.35. The number of amides is 1. The van der Waals surface area contributed by atoms with Crippen molar-refractivity contribution in [2.24, 2.45) is 5.92 Å². The van der Waals surface area contributed by atoms with Gasteiger partial charge in [-0.15, -0.1) is 0 Å². The van der Waals surface area contributed by atoms with Gasteiger partial charge in [-0.2, -0.15) is 0 Å². The van der Waals surface area contributed by atoms with Crippen LogP contribution in [0.15, 0.2) is 24.3 Å². The minimum absolute atomic E-state index is 0.387. The van der Waals surface area contributed by atoms with E-state index in [1.807, 2.05) is 24.3 Å². The Balaban J connectivity index is 2.38. The molecule has 1 unspecified atom stereocenters. The molecule has 1 aromatic heterocycles. The Labute approximate surface area is 105 Å². The maximum atomic E-state index is 11.3. The molecule has 3 rings (SSSR count). The Morgan fingerprint density at radius 1 is 1.22 bits per heavy atom. The Hall–Kier alpha value is -2.10. The zero-order valence-electron chi connectivity index (χ0n) is 10.2. The van der Waals surface area contributed by atoms with Crippen LogP contribution in [0, 0.1) is 5.92 Å². The van der Waals surface area contributed by atoms with E-state index >= 15 is 0 Å². The molecule has 0 N–H and O–H groups in total. The van der Waals surface area contributed by atoms with E-state index in [9.17, 15) is 9.59 Å². The molecule has 0 saturated carbocycles. The van der Waals surface area contributed by atoms with Gasteiger partial charge < -0.3 is 4.57 Å². The molecule has 92 valence electrons. The lowest BCUT2D eigenvalue weighted by atomic mass is 10.1. The van der Waals surface area contributed by atoms with Gasteiger partial charge in [0.25, 0.3) is 0 Å². The largest absolute Gasteiger partial charge is 0.326 e. The van der Waals surface area contributed by atoms with E-state index in [0.29, 0.717) is 18.0 Å². The average Bonchev–Trinajstić information content (AvgIpc) is 2.72. The van der Waals surface area contributed by atoms with Crippen LogP contribution in [0.5, 0.6) is 0 Å². The van der Waals surface area contributed by atoms with Crippen LogP contribution in [-0.2, 0) is 11.3 Å². The second-order valence-electron chi connectivity index (χ2n) is 4.85. The number of nitrogens with zero attached hydrogens (tertiary/aromatic N) is 2. The number of carbonyl (C=O) groups excluding carboxylic acids is 2. The molecule has 4 nitrogen and oxygen atoms in total. The lowest BCUT2D eigenvalue weighted by molar-refractivity contribution is -0.107. The summed E-state index contributed by atoms with van der Waals surface area (Å²) >= 11 is 0. The van der Waals surface area contributed by atoms with Crippen LogP contribution < -0.4 is 4.90 Å². The number of rotatable bonds is 2. The zero-order chi connectivity index (χ0) is 12.7. The van der Waals surface area contributed by atoms with Crippen LogP contribution >= 0.6 is 0 Å². The number of fused-ring (bicyclic) bond motifs is 3. The SMILES string of the molecule is CC1CN(C=O)c2c(C=O)c3ccccc3n2C1. The first-order valence-electron chi connectivity index (χ1n) is 6.04. The topological polar surface area (TPSA) is 42.3 Å². The molecule has 1 aromatic carbocycles. The third kappa shape index (κ3) is 1.38. The monoisotopic (exact) mass is 242 g/mol. The predicted molar refractivity (Wildman–Crippen MR) is 69.9 cm³/mol. The fourth-order valence-electron chi connectivity index (χ4n) is 2.81. The van der Waals surface area contributed by atoms with Gasteiger partial charge in [0, 0.05) is 18.5 Å². The molecule has 0 bridgehead atoms. The molecule has 18 heavy (non-hydrogen) atoms. The van der Waals surface area contributed by atoms with Crippen molar-refractivity contribution in [1.29, 1.82) is 0 Å². The molecule has 1 amide bonds. The van der Waals surface area contributed by atoms with E-state index in [-0.39, 0.29) is 0 Å². The Kier molecular flexibility index (Phi) is 2.44. The predicted octanol–water partition coefficient (Wildman–Crippen LogP) is 2.07. The third-order valence-corrected chi connectivity index (χ3v) is 3.50. The van der Waals surface area contributed by atoms with Gasteiger partial charge in [-0.05, 0) is 12.0 Å². The quantitative estimate of drug-likeness (QED) is 0.756. The van der Waals surface area contributed by atoms with Crippen molar-refractivity contribution in [2.45, 2.75) is 13.5 Å². The van der Waals surface area contributed by atoms with Gasteiger partial charge in [0.05, 0.1) is 11.1 Å². The highest BCUT2D eigenvalue weighted by molar-refractivity contribution is 6.06. The highest BCUT2D eigenvalue weighted by Gasteiger charge is 2.27. The number of aldehydes is 1. The molecule has 0 saturated heterocycles. The standard InChI is InChI=1S/C14H14N2O2/c1-10-6-15(9-18)14-12(8-17)11-4-2-3-5-13(11)16(14)7-10/h2-5,8-10H,6-7H2,1H3. The van der Waals surface area contributed by atoms with Crippen LogP contribution in [0.1, 0.15) is 17.3 Å². The Morgan fingerprint density at radius 2 is 2.00 bits per heavy atom. The average molecular weight is 242 g/mol. The molecule has 4 heteroatoms. The molecule has 2 aromatic rings. The van der Waals surface area contributed by atoms with E-state index in [2.05, 4.69) is 11.5 Å². The summed E-state index contributed by atoms with van der Waals surface area (Å²) in [4.78, 5) is 24.2. The molecule has 2 heterocycles. The molecule has 1 aliphatic rings. The summed E-state index contributed by atoms with van der Waals surface area (Å²) in [5.41, 5.74) is 1.64. The van der Waals surface area contributed by atoms with Crippen molar-refractivity contribution in [2.75, 3.05) is 11.4 Å². The molecular weight excluding hydrogens is 228 g/mol. The van der Waals surface area contributed by atoms with Crippen LogP contribution in [0.4, 0.5) is 5.82 Å². The number of hydrogen-bond donors (Lipinski definition) is 0. The van der Waals surface area contributed by atoms with Crippen LogP contribution in [0.25, 0.3) is 10.9 Å². The third-order valence-electron chi connectivity index (χ3n) is 3.50. The first-order valence-corrected chi connectivity index (χ1v) is 6.04. The molecule has 0 spiro atoms. The summed E-state index contributed by atoms with van der Waals surface area (Å²) in [6.45, 7) is 3.61. The number of aromatic nitrogens is 1. The molecule has 0 radical (unpaired) electrons. The van der Waals surface area contributed by atoms with E-state index in [4.69, 9.17) is 0 Å². The fraction of sp³-hybridized carbons (Fsp3) is 0.286. The van der Waals surface area contributed by atoms with Crippen LogP contribution in [-0.4, -0.2) is 23.8 Å². The van der Waals surface area contributed by atoms with Gasteiger partial charge in [0.1, 0.15) is 5.82 Å². The lowest BCUT2D eigenvalue weighted by Gasteiger charge is -2.30. The van der Waals surface area contributed by atoms with Crippen molar-refractivity contribution in [3.05, 3.63) is 29.8 Å². The Morgan fingerprint density at radius 3 is 2.72 bits per heavy atom. The van der Waals surface area contributed by atoms with Crippen molar-refractivity contribution in [3.8, 4) is 0 Å². The smallest absolute Gasteiger partial charge is 0.215 e. The second kappa shape index (κ2) is 3.98. The van der Waals surface area contributed by atoms with Gasteiger partial charge in [-0.3, -0.25) is 14.5 Å². The maximum Gasteiger partial charge on any atom is 0.215 e. The summed E-state index contributed by atoms with van der Waals surface area (Å²) in [6.07, 6.45) is 1.66. The number of benzene rings is 1. The van der Waals surface area contributed by atoms with Gasteiger partial charge in [0.2, 0.25) is 6.41 Å². The van der Waals surface area contributed by atoms with Crippen molar-refractivity contribution >= 4 is 29.4 Å². The van der Waals surface area contributed by atoms with Gasteiger partial charge >= 0.3 is 0 Å². The minimum Gasteiger partial charge on any atom is -0.326 e. The summed E-state index contributed by atoms with van der Waals surface area (Å²) in [5, 5.41) is 0.920. The van der Waals surface area contributed by atoms with Gasteiger partial charge in [-0.1, -0.05) is 25.1 Å². The van der Waals surface area contributed by atoms with E-state index in [1.165, 1.54) is 0 Å². The Bertz CT molecular complexity index is 630. The lowest BCUT2D eigenvalue weighted by Crippen LogP contribution is -2.36. The summed E-state index contributed by atoms with van der Waals surface area (Å²) in [5.74, 6) is 1.12. The first-order chi connectivity index (χ1) is 8.76. The van der Waals surface area contributed by atoms with Crippen molar-refractivity contribution in [3.63, 3.8) is 0 Å². The molecule has 0 fully saturated rings. The molecule has 1 aliphatic heterocycles.